The molecule has 2 heterocycles. The molecule has 0 aromatic heterocycles. The first kappa shape index (κ1) is 10.6. The molecule has 0 radical (unpaired) electrons. The molecule has 0 aliphatic carbocycles. The van der Waals surface area contributed by atoms with E-state index in [0.29, 0.717) is 12.5 Å². The predicted octanol–water partition coefficient (Wildman–Crippen LogP) is 3.07. The number of allylic oxidation sites excluding steroid dienone is 2. The second-order valence-corrected chi connectivity index (χ2v) is 5.03. The summed E-state index contributed by atoms with van der Waals surface area (Å²) < 4.78 is 0. The summed E-state index contributed by atoms with van der Waals surface area (Å²) in [4.78, 5) is 14.2. The van der Waals surface area contributed by atoms with Crippen LogP contribution in [-0.4, -0.2) is 16.7 Å². The van der Waals surface area contributed by atoms with E-state index in [1.54, 1.807) is 0 Å². The quantitative estimate of drug-likeness (QED) is 0.735. The summed E-state index contributed by atoms with van der Waals surface area (Å²) in [6, 6.07) is 11.2. The summed E-state index contributed by atoms with van der Waals surface area (Å²) in [5, 5.41) is 0. The fraction of sp³-hybridized carbons (Fsp3) is 0.400. The van der Waals surface area contributed by atoms with Crippen molar-refractivity contribution in [3.63, 3.8) is 0 Å². The highest BCUT2D eigenvalue weighted by atomic mass is 16.1. The van der Waals surface area contributed by atoms with E-state index in [1.165, 1.54) is 17.7 Å². The van der Waals surface area contributed by atoms with E-state index in [0.717, 1.165) is 6.42 Å². The number of carbonyl (C=O) groups excluding carboxylic acids is 1. The van der Waals surface area contributed by atoms with E-state index in [9.17, 15) is 4.79 Å². The normalized spacial score (nSPS) is 27.9. The van der Waals surface area contributed by atoms with Crippen molar-refractivity contribution in [2.75, 3.05) is 0 Å². The van der Waals surface area contributed by atoms with Crippen molar-refractivity contribution < 1.29 is 4.79 Å². The average molecular weight is 227 g/mol. The Hall–Kier alpha value is -1.57. The van der Waals surface area contributed by atoms with Gasteiger partial charge >= 0.3 is 0 Å². The van der Waals surface area contributed by atoms with Crippen molar-refractivity contribution >= 4 is 5.78 Å². The Labute approximate surface area is 102 Å². The highest BCUT2D eigenvalue weighted by molar-refractivity contribution is 5.91. The Kier molecular flexibility index (Phi) is 2.50. The summed E-state index contributed by atoms with van der Waals surface area (Å²) in [5.74, 6) is 0.277. The smallest absolute Gasteiger partial charge is 0.159 e. The van der Waals surface area contributed by atoms with Gasteiger partial charge in [-0.2, -0.15) is 0 Å². The minimum atomic E-state index is 0.251. The lowest BCUT2D eigenvalue weighted by Gasteiger charge is -2.37. The molecule has 2 aliphatic rings. The van der Waals surface area contributed by atoms with Gasteiger partial charge in [-0.25, -0.2) is 0 Å². The Bertz CT molecular complexity index is 463. The van der Waals surface area contributed by atoms with Crippen LogP contribution in [0, 0.1) is 0 Å². The molecule has 17 heavy (non-hydrogen) atoms. The first-order chi connectivity index (χ1) is 8.25. The van der Waals surface area contributed by atoms with Crippen LogP contribution in [-0.2, 0) is 4.79 Å². The minimum Gasteiger partial charge on any atom is -0.364 e. The summed E-state index contributed by atoms with van der Waals surface area (Å²) in [7, 11) is 0. The molecule has 2 nitrogen and oxygen atoms in total. The number of hydrogen-bond acceptors (Lipinski definition) is 2. The topological polar surface area (TPSA) is 20.3 Å². The summed E-state index contributed by atoms with van der Waals surface area (Å²) in [5.41, 5.74) is 2.50. The number of rotatable bonds is 1. The molecule has 3 rings (SSSR count). The molecule has 0 amide bonds. The van der Waals surface area contributed by atoms with Crippen molar-refractivity contribution in [1.82, 2.24) is 4.90 Å². The van der Waals surface area contributed by atoms with Crippen LogP contribution < -0.4 is 0 Å². The fourth-order valence-electron chi connectivity index (χ4n) is 3.05. The second-order valence-electron chi connectivity index (χ2n) is 5.03. The standard InChI is InChI=1S/C15H17NO/c1-11-7-8-13-9-14(17)10-15(16(11)13)12-5-3-2-4-6-12/h2-6,9,11,15H,7-8,10H2,1H3/t11-,15-/m0/s1. The summed E-state index contributed by atoms with van der Waals surface area (Å²) in [6.45, 7) is 2.26. The van der Waals surface area contributed by atoms with E-state index in [4.69, 9.17) is 0 Å². The fourth-order valence-corrected chi connectivity index (χ4v) is 3.05. The van der Waals surface area contributed by atoms with E-state index >= 15 is 0 Å². The number of carbonyl (C=O) groups is 1. The zero-order chi connectivity index (χ0) is 11.8. The van der Waals surface area contributed by atoms with Gasteiger partial charge in [0.05, 0.1) is 6.04 Å². The first-order valence-corrected chi connectivity index (χ1v) is 6.32. The molecule has 0 bridgehead atoms. The highest BCUT2D eigenvalue weighted by Gasteiger charge is 2.35. The van der Waals surface area contributed by atoms with Gasteiger partial charge in [-0.15, -0.1) is 0 Å². The van der Waals surface area contributed by atoms with Gasteiger partial charge in [0.1, 0.15) is 0 Å². The maximum Gasteiger partial charge on any atom is 0.159 e. The molecule has 88 valence electrons. The molecule has 1 aromatic rings. The van der Waals surface area contributed by atoms with Crippen molar-refractivity contribution in [1.29, 1.82) is 0 Å². The third kappa shape index (κ3) is 1.78. The van der Waals surface area contributed by atoms with Gasteiger partial charge in [-0.3, -0.25) is 4.79 Å². The molecular weight excluding hydrogens is 210 g/mol. The molecule has 2 aliphatic heterocycles. The molecule has 0 N–H and O–H groups in total. The van der Waals surface area contributed by atoms with Gasteiger partial charge in [0.25, 0.3) is 0 Å². The number of fused-ring (bicyclic) bond motifs is 1. The number of ketones is 1. The molecule has 0 unspecified atom stereocenters. The molecule has 2 heteroatoms. The van der Waals surface area contributed by atoms with Crippen LogP contribution >= 0.6 is 0 Å². The van der Waals surface area contributed by atoms with Crippen LogP contribution in [0.1, 0.15) is 37.8 Å². The van der Waals surface area contributed by atoms with Gasteiger partial charge in [0.15, 0.2) is 5.78 Å². The maximum absolute atomic E-state index is 11.8. The van der Waals surface area contributed by atoms with Gasteiger partial charge in [-0.1, -0.05) is 30.3 Å². The number of nitrogens with zero attached hydrogens (tertiary/aromatic N) is 1. The lowest BCUT2D eigenvalue weighted by Crippen LogP contribution is -2.34. The Morgan fingerprint density at radius 2 is 2.00 bits per heavy atom. The predicted molar refractivity (Wildman–Crippen MR) is 67.4 cm³/mol. The second kappa shape index (κ2) is 4.02. The van der Waals surface area contributed by atoms with Crippen LogP contribution in [0.15, 0.2) is 42.1 Å². The van der Waals surface area contributed by atoms with Gasteiger partial charge < -0.3 is 4.90 Å². The van der Waals surface area contributed by atoms with Gasteiger partial charge in [0, 0.05) is 24.2 Å². The highest BCUT2D eigenvalue weighted by Crippen LogP contribution is 2.40. The molecular formula is C15H17NO. The van der Waals surface area contributed by atoms with Gasteiger partial charge in [0.2, 0.25) is 0 Å². The van der Waals surface area contributed by atoms with E-state index in [-0.39, 0.29) is 11.8 Å². The van der Waals surface area contributed by atoms with Crippen molar-refractivity contribution in [2.45, 2.75) is 38.3 Å². The number of hydrogen-bond donors (Lipinski definition) is 0. The molecule has 1 saturated heterocycles. The SMILES string of the molecule is C[C@H]1CCC2=CC(=O)C[C@@H](c3ccccc3)N21. The largest absolute Gasteiger partial charge is 0.364 e. The van der Waals surface area contributed by atoms with Crippen LogP contribution in [0.3, 0.4) is 0 Å². The van der Waals surface area contributed by atoms with E-state index in [1.807, 2.05) is 12.1 Å². The molecule has 0 saturated carbocycles. The zero-order valence-corrected chi connectivity index (χ0v) is 10.1. The summed E-state index contributed by atoms with van der Waals surface area (Å²) >= 11 is 0. The first-order valence-electron chi connectivity index (χ1n) is 6.32. The lowest BCUT2D eigenvalue weighted by atomic mass is 9.95. The van der Waals surface area contributed by atoms with E-state index in [2.05, 4.69) is 36.1 Å². The zero-order valence-electron chi connectivity index (χ0n) is 10.1. The van der Waals surface area contributed by atoms with Crippen LogP contribution in [0.2, 0.25) is 0 Å². The molecule has 1 aromatic carbocycles. The molecule has 0 spiro atoms. The van der Waals surface area contributed by atoms with Crippen molar-refractivity contribution in [3.05, 3.63) is 47.7 Å². The third-order valence-corrected chi connectivity index (χ3v) is 3.87. The van der Waals surface area contributed by atoms with Gasteiger partial charge in [-0.05, 0) is 25.3 Å². The van der Waals surface area contributed by atoms with E-state index < -0.39 is 0 Å². The van der Waals surface area contributed by atoms with Crippen molar-refractivity contribution in [3.8, 4) is 0 Å². The lowest BCUT2D eigenvalue weighted by molar-refractivity contribution is -0.116. The Morgan fingerprint density at radius 1 is 1.24 bits per heavy atom. The monoisotopic (exact) mass is 227 g/mol. The van der Waals surface area contributed by atoms with Crippen molar-refractivity contribution in [2.24, 2.45) is 0 Å². The minimum absolute atomic E-state index is 0.251. The summed E-state index contributed by atoms with van der Waals surface area (Å²) in [6.07, 6.45) is 4.69. The number of benzene rings is 1. The van der Waals surface area contributed by atoms with Crippen LogP contribution in [0.5, 0.6) is 0 Å². The third-order valence-electron chi connectivity index (χ3n) is 3.87. The van der Waals surface area contributed by atoms with Crippen LogP contribution in [0.4, 0.5) is 0 Å². The average Bonchev–Trinajstić information content (AvgIpc) is 2.71. The van der Waals surface area contributed by atoms with Crippen LogP contribution in [0.25, 0.3) is 0 Å². The molecule has 1 fully saturated rings. The molecule has 2 atom stereocenters. The Balaban J connectivity index is 2.00. The maximum atomic E-state index is 11.8. The Morgan fingerprint density at radius 3 is 2.76 bits per heavy atom.